The quantitative estimate of drug-likeness (QED) is 0.618. The van der Waals surface area contributed by atoms with Crippen molar-refractivity contribution >= 4 is 0 Å². The van der Waals surface area contributed by atoms with Crippen LogP contribution >= 0.6 is 0 Å². The molecule has 0 aliphatic carbocycles. The lowest BCUT2D eigenvalue weighted by Crippen LogP contribution is -2.37. The Balaban J connectivity index is 1.67. The summed E-state index contributed by atoms with van der Waals surface area (Å²) in [6.45, 7) is 0.758. The van der Waals surface area contributed by atoms with Gasteiger partial charge in [-0.1, -0.05) is 91.0 Å². The third-order valence-electron chi connectivity index (χ3n) is 5.13. The Morgan fingerprint density at radius 3 is 1.62 bits per heavy atom. The second-order valence-corrected chi connectivity index (χ2v) is 6.52. The van der Waals surface area contributed by atoms with Crippen molar-refractivity contribution in [3.63, 3.8) is 0 Å². The maximum absolute atomic E-state index is 6.60. The summed E-state index contributed by atoms with van der Waals surface area (Å²) >= 11 is 0. The Labute approximate surface area is 143 Å². The third kappa shape index (κ3) is 2.76. The first kappa shape index (κ1) is 15.2. The molecule has 1 aliphatic rings. The van der Waals surface area contributed by atoms with Crippen LogP contribution < -0.4 is 0 Å². The molecule has 0 N–H and O–H groups in total. The highest BCUT2D eigenvalue weighted by atomic mass is 16.5. The van der Waals surface area contributed by atoms with E-state index in [9.17, 15) is 0 Å². The van der Waals surface area contributed by atoms with Gasteiger partial charge in [-0.25, -0.2) is 0 Å². The zero-order chi connectivity index (χ0) is 16.2. The average molecular weight is 314 g/mol. The van der Waals surface area contributed by atoms with Gasteiger partial charge in [-0.15, -0.1) is 0 Å². The zero-order valence-electron chi connectivity index (χ0n) is 13.8. The normalized spacial score (nSPS) is 19.8. The molecular formula is C23H22O. The molecule has 1 unspecified atom stereocenters. The lowest BCUT2D eigenvalue weighted by atomic mass is 9.77. The highest BCUT2D eigenvalue weighted by Crippen LogP contribution is 2.44. The highest BCUT2D eigenvalue weighted by molar-refractivity contribution is 5.37. The average Bonchev–Trinajstić information content (AvgIpc) is 2.70. The summed E-state index contributed by atoms with van der Waals surface area (Å²) in [7, 11) is 0. The van der Waals surface area contributed by atoms with Crippen molar-refractivity contribution < 1.29 is 4.74 Å². The van der Waals surface area contributed by atoms with Crippen molar-refractivity contribution in [2.24, 2.45) is 0 Å². The van der Waals surface area contributed by atoms with E-state index in [2.05, 4.69) is 91.0 Å². The molecule has 0 radical (unpaired) electrons. The molecule has 3 aromatic rings. The van der Waals surface area contributed by atoms with Crippen LogP contribution in [0.3, 0.4) is 0 Å². The first-order valence-corrected chi connectivity index (χ1v) is 8.68. The maximum Gasteiger partial charge on any atom is 0.118 e. The molecule has 1 fully saturated rings. The smallest absolute Gasteiger partial charge is 0.118 e. The minimum atomic E-state index is -0.326. The second kappa shape index (κ2) is 6.62. The highest BCUT2D eigenvalue weighted by Gasteiger charge is 2.39. The van der Waals surface area contributed by atoms with Gasteiger partial charge in [-0.3, -0.25) is 0 Å². The Morgan fingerprint density at radius 2 is 1.17 bits per heavy atom. The van der Waals surface area contributed by atoms with E-state index in [1.165, 1.54) is 16.7 Å². The van der Waals surface area contributed by atoms with Crippen molar-refractivity contribution in [1.29, 1.82) is 0 Å². The summed E-state index contributed by atoms with van der Waals surface area (Å²) in [5.74, 6) is 0.478. The van der Waals surface area contributed by atoms with Crippen LogP contribution in [0.15, 0.2) is 91.0 Å². The molecule has 1 heterocycles. The Morgan fingerprint density at radius 1 is 0.667 bits per heavy atom. The van der Waals surface area contributed by atoms with Crippen LogP contribution in [-0.4, -0.2) is 6.61 Å². The minimum absolute atomic E-state index is 0.326. The topological polar surface area (TPSA) is 9.23 Å². The van der Waals surface area contributed by atoms with E-state index in [4.69, 9.17) is 4.74 Å². The Bertz CT molecular complexity index is 715. The van der Waals surface area contributed by atoms with Crippen molar-refractivity contribution in [2.75, 3.05) is 6.61 Å². The fourth-order valence-electron chi connectivity index (χ4n) is 3.80. The first-order valence-electron chi connectivity index (χ1n) is 8.68. The van der Waals surface area contributed by atoms with E-state index in [1.54, 1.807) is 0 Å². The van der Waals surface area contributed by atoms with E-state index in [1.807, 2.05) is 0 Å². The molecule has 3 aromatic carbocycles. The fourth-order valence-corrected chi connectivity index (χ4v) is 3.80. The molecule has 24 heavy (non-hydrogen) atoms. The molecule has 1 aliphatic heterocycles. The number of ether oxygens (including phenoxy) is 1. The van der Waals surface area contributed by atoms with Crippen molar-refractivity contribution in [3.8, 4) is 0 Å². The van der Waals surface area contributed by atoms with E-state index >= 15 is 0 Å². The third-order valence-corrected chi connectivity index (χ3v) is 5.13. The summed E-state index contributed by atoms with van der Waals surface area (Å²) in [5.41, 5.74) is 3.56. The second-order valence-electron chi connectivity index (χ2n) is 6.52. The summed E-state index contributed by atoms with van der Waals surface area (Å²) in [6, 6.07) is 32.0. The number of benzene rings is 3. The van der Waals surface area contributed by atoms with Crippen LogP contribution in [0.2, 0.25) is 0 Å². The predicted octanol–water partition coefficient (Wildman–Crippen LogP) is 5.52. The molecule has 1 heteroatoms. The van der Waals surface area contributed by atoms with Crippen LogP contribution in [0.4, 0.5) is 0 Å². The van der Waals surface area contributed by atoms with Crippen LogP contribution in [0.1, 0.15) is 35.4 Å². The summed E-state index contributed by atoms with van der Waals surface area (Å²) in [6.07, 6.45) is 2.13. The predicted molar refractivity (Wildman–Crippen MR) is 98.0 cm³/mol. The van der Waals surface area contributed by atoms with Gasteiger partial charge in [0, 0.05) is 5.92 Å². The van der Waals surface area contributed by atoms with Gasteiger partial charge in [0.1, 0.15) is 5.60 Å². The molecule has 0 aromatic heterocycles. The molecule has 120 valence electrons. The molecule has 0 saturated carbocycles. The van der Waals surface area contributed by atoms with Crippen LogP contribution in [0, 0.1) is 0 Å². The molecule has 0 bridgehead atoms. The fraction of sp³-hybridized carbons (Fsp3) is 0.217. The molecule has 0 spiro atoms. The maximum atomic E-state index is 6.60. The van der Waals surface area contributed by atoms with E-state index < -0.39 is 0 Å². The van der Waals surface area contributed by atoms with E-state index in [0.29, 0.717) is 5.92 Å². The van der Waals surface area contributed by atoms with Crippen molar-refractivity contribution in [2.45, 2.75) is 24.4 Å². The lowest BCUT2D eigenvalue weighted by molar-refractivity contribution is -0.0632. The molecule has 0 amide bonds. The summed E-state index contributed by atoms with van der Waals surface area (Å²) in [5, 5.41) is 0. The molecule has 1 saturated heterocycles. The number of hydrogen-bond acceptors (Lipinski definition) is 1. The molecular weight excluding hydrogens is 292 g/mol. The minimum Gasteiger partial charge on any atom is -0.365 e. The van der Waals surface area contributed by atoms with Gasteiger partial charge in [0.2, 0.25) is 0 Å². The molecule has 1 nitrogen and oxygen atoms in total. The summed E-state index contributed by atoms with van der Waals surface area (Å²) < 4.78 is 6.60. The van der Waals surface area contributed by atoms with E-state index in [0.717, 1.165) is 19.4 Å². The zero-order valence-corrected chi connectivity index (χ0v) is 13.8. The van der Waals surface area contributed by atoms with Gasteiger partial charge in [0.15, 0.2) is 0 Å². The standard InChI is InChI=1S/C23H22O/c1-4-10-19(11-5-1)20-16-17-23(24-18-20,21-12-6-2-7-13-21)22-14-8-3-9-15-22/h1-15,20H,16-18H2. The van der Waals surface area contributed by atoms with Gasteiger partial charge < -0.3 is 4.74 Å². The Hall–Kier alpha value is -2.38. The van der Waals surface area contributed by atoms with Crippen LogP contribution in [0.25, 0.3) is 0 Å². The lowest BCUT2D eigenvalue weighted by Gasteiger charge is -2.41. The van der Waals surface area contributed by atoms with Gasteiger partial charge in [-0.05, 0) is 29.5 Å². The van der Waals surface area contributed by atoms with Crippen LogP contribution in [0.5, 0.6) is 0 Å². The Kier molecular flexibility index (Phi) is 4.18. The van der Waals surface area contributed by atoms with Gasteiger partial charge in [-0.2, -0.15) is 0 Å². The van der Waals surface area contributed by atoms with Crippen LogP contribution in [-0.2, 0) is 10.3 Å². The van der Waals surface area contributed by atoms with Gasteiger partial charge >= 0.3 is 0 Å². The first-order chi connectivity index (χ1) is 11.9. The summed E-state index contributed by atoms with van der Waals surface area (Å²) in [4.78, 5) is 0. The molecule has 1 atom stereocenters. The number of hydrogen-bond donors (Lipinski definition) is 0. The van der Waals surface area contributed by atoms with Crippen molar-refractivity contribution in [1.82, 2.24) is 0 Å². The van der Waals surface area contributed by atoms with E-state index in [-0.39, 0.29) is 5.60 Å². The van der Waals surface area contributed by atoms with Gasteiger partial charge in [0.25, 0.3) is 0 Å². The largest absolute Gasteiger partial charge is 0.365 e. The monoisotopic (exact) mass is 314 g/mol. The number of rotatable bonds is 3. The van der Waals surface area contributed by atoms with Gasteiger partial charge in [0.05, 0.1) is 6.61 Å². The van der Waals surface area contributed by atoms with Crippen molar-refractivity contribution in [3.05, 3.63) is 108 Å². The molecule has 4 rings (SSSR count). The SMILES string of the molecule is c1ccc(C2CCC(c3ccccc3)(c3ccccc3)OC2)cc1.